The van der Waals surface area contributed by atoms with Crippen molar-refractivity contribution in [3.8, 4) is 5.75 Å². The van der Waals surface area contributed by atoms with Crippen molar-refractivity contribution in [1.82, 2.24) is 10.6 Å². The van der Waals surface area contributed by atoms with Crippen molar-refractivity contribution in [2.75, 3.05) is 0 Å². The molecule has 2 aliphatic heterocycles. The van der Waals surface area contributed by atoms with Gasteiger partial charge in [-0.25, -0.2) is 9.18 Å². The Labute approximate surface area is 138 Å². The van der Waals surface area contributed by atoms with E-state index in [1.54, 1.807) is 30.3 Å². The summed E-state index contributed by atoms with van der Waals surface area (Å²) in [7, 11) is 5.83. The average molecular weight is 322 g/mol. The van der Waals surface area contributed by atoms with Gasteiger partial charge in [0.2, 0.25) is 0 Å². The van der Waals surface area contributed by atoms with Crippen LogP contribution in [-0.4, -0.2) is 19.8 Å². The molecule has 0 aliphatic carbocycles. The molecule has 2 N–H and O–H groups in total. The van der Waals surface area contributed by atoms with Gasteiger partial charge in [0.15, 0.2) is 5.54 Å². The highest BCUT2D eigenvalue weighted by atomic mass is 19.1. The second kappa shape index (κ2) is 5.09. The fraction of sp³-hybridized carbons (Fsp3) is 0.176. The quantitative estimate of drug-likeness (QED) is 0.612. The molecule has 2 aromatic rings. The van der Waals surface area contributed by atoms with Gasteiger partial charge in [-0.1, -0.05) is 29.7 Å². The molecule has 2 unspecified atom stereocenters. The smallest absolute Gasteiger partial charge is 0.322 e. The molecule has 0 aromatic heterocycles. The second-order valence-electron chi connectivity index (χ2n) is 5.93. The zero-order valence-corrected chi connectivity index (χ0v) is 12.5. The highest BCUT2D eigenvalue weighted by Crippen LogP contribution is 2.45. The molecule has 2 heterocycles. The summed E-state index contributed by atoms with van der Waals surface area (Å²) in [5.74, 6) is -0.346. The van der Waals surface area contributed by atoms with Crippen molar-refractivity contribution in [3.63, 3.8) is 0 Å². The fourth-order valence-electron chi connectivity index (χ4n) is 3.26. The number of benzene rings is 2. The van der Waals surface area contributed by atoms with Crippen LogP contribution in [0.15, 0.2) is 42.5 Å². The number of carbonyl (C=O) groups excluding carboxylic acids is 2. The predicted molar refractivity (Wildman–Crippen MR) is 84.6 cm³/mol. The number of ether oxygens (including phenoxy) is 1. The van der Waals surface area contributed by atoms with Crippen LogP contribution in [0.4, 0.5) is 9.18 Å². The number of amides is 3. The van der Waals surface area contributed by atoms with Crippen molar-refractivity contribution in [2.24, 2.45) is 0 Å². The van der Waals surface area contributed by atoms with E-state index in [-0.39, 0.29) is 12.2 Å². The number of hydrogen-bond acceptors (Lipinski definition) is 3. The van der Waals surface area contributed by atoms with E-state index in [1.807, 2.05) is 0 Å². The van der Waals surface area contributed by atoms with Crippen LogP contribution in [-0.2, 0) is 10.3 Å². The molecule has 2 aliphatic rings. The molecule has 7 heteroatoms. The summed E-state index contributed by atoms with van der Waals surface area (Å²) in [4.78, 5) is 24.3. The minimum atomic E-state index is -1.25. The third kappa shape index (κ3) is 2.16. The summed E-state index contributed by atoms with van der Waals surface area (Å²) >= 11 is 0. The Balaban J connectivity index is 1.84. The van der Waals surface area contributed by atoms with Gasteiger partial charge in [0.25, 0.3) is 5.91 Å². The lowest BCUT2D eigenvalue weighted by molar-refractivity contribution is -0.126. The molecule has 3 amide bonds. The van der Waals surface area contributed by atoms with Crippen LogP contribution in [0.3, 0.4) is 0 Å². The van der Waals surface area contributed by atoms with Crippen LogP contribution >= 0.6 is 0 Å². The maximum Gasteiger partial charge on any atom is 0.322 e. The van der Waals surface area contributed by atoms with Crippen LogP contribution < -0.4 is 20.8 Å². The van der Waals surface area contributed by atoms with Gasteiger partial charge in [-0.2, -0.15) is 0 Å². The Morgan fingerprint density at radius 2 is 1.92 bits per heavy atom. The van der Waals surface area contributed by atoms with E-state index < -0.39 is 23.6 Å². The van der Waals surface area contributed by atoms with Crippen molar-refractivity contribution in [3.05, 3.63) is 59.4 Å². The van der Waals surface area contributed by atoms with Crippen molar-refractivity contribution in [2.45, 2.75) is 18.1 Å². The molecule has 2 radical (unpaired) electrons. The lowest BCUT2D eigenvalue weighted by atomic mass is 9.78. The van der Waals surface area contributed by atoms with Crippen molar-refractivity contribution in [1.29, 1.82) is 0 Å². The van der Waals surface area contributed by atoms with E-state index in [0.29, 0.717) is 22.3 Å². The standard InChI is InChI=1S/C17H12BFN2O3/c18-10-3-6-13-12(7-10)17(15(22)20-16(23)21-17)8-14(24-13)9-1-4-11(19)5-2-9/h1-7,14H,8H2,(H2,20,21,22,23). The van der Waals surface area contributed by atoms with Gasteiger partial charge in [-0.15, -0.1) is 0 Å². The average Bonchev–Trinajstić information content (AvgIpc) is 2.83. The molecule has 5 nitrogen and oxygen atoms in total. The van der Waals surface area contributed by atoms with Crippen molar-refractivity contribution >= 4 is 25.2 Å². The van der Waals surface area contributed by atoms with Crippen LogP contribution in [0.5, 0.6) is 5.75 Å². The second-order valence-corrected chi connectivity index (χ2v) is 5.93. The first-order valence-electron chi connectivity index (χ1n) is 7.44. The molecule has 1 spiro atoms. The lowest BCUT2D eigenvalue weighted by Crippen LogP contribution is -2.48. The highest BCUT2D eigenvalue weighted by molar-refractivity contribution is 6.32. The van der Waals surface area contributed by atoms with Gasteiger partial charge in [-0.3, -0.25) is 10.1 Å². The number of carbonyl (C=O) groups is 2. The molecule has 4 rings (SSSR count). The van der Waals surface area contributed by atoms with E-state index in [9.17, 15) is 14.0 Å². The molecule has 0 saturated carbocycles. The summed E-state index contributed by atoms with van der Waals surface area (Å²) in [5, 5.41) is 4.98. The maximum atomic E-state index is 13.2. The minimum Gasteiger partial charge on any atom is -0.485 e. The first-order valence-corrected chi connectivity index (χ1v) is 7.44. The normalized spacial score (nSPS) is 25.0. The highest BCUT2D eigenvalue weighted by Gasteiger charge is 2.53. The Morgan fingerprint density at radius 3 is 2.58 bits per heavy atom. The SMILES string of the molecule is [B]c1ccc2c(c1)C1(CC(c3ccc(F)cc3)O2)NC(=O)NC1=O. The van der Waals surface area contributed by atoms with Gasteiger partial charge in [0.1, 0.15) is 25.5 Å². The summed E-state index contributed by atoms with van der Waals surface area (Å²) < 4.78 is 19.1. The molecule has 2 aromatic carbocycles. The van der Waals surface area contributed by atoms with Crippen LogP contribution in [0.1, 0.15) is 23.7 Å². The first-order chi connectivity index (χ1) is 11.5. The largest absolute Gasteiger partial charge is 0.485 e. The zero-order valence-electron chi connectivity index (χ0n) is 12.5. The number of nitrogens with one attached hydrogen (secondary N) is 2. The zero-order chi connectivity index (χ0) is 16.9. The van der Waals surface area contributed by atoms with Gasteiger partial charge < -0.3 is 10.1 Å². The third-order valence-electron chi connectivity index (χ3n) is 4.41. The van der Waals surface area contributed by atoms with Gasteiger partial charge in [0, 0.05) is 12.0 Å². The molecule has 0 bridgehead atoms. The maximum absolute atomic E-state index is 13.2. The molecule has 118 valence electrons. The summed E-state index contributed by atoms with van der Waals surface area (Å²) in [6, 6.07) is 10.3. The molecule has 1 fully saturated rings. The lowest BCUT2D eigenvalue weighted by Gasteiger charge is -2.38. The number of imide groups is 1. The van der Waals surface area contributed by atoms with Gasteiger partial charge in [0.05, 0.1) is 0 Å². The summed E-state index contributed by atoms with van der Waals surface area (Å²) in [6.07, 6.45) is -0.321. The molecule has 1 saturated heterocycles. The minimum absolute atomic E-state index is 0.187. The number of rotatable bonds is 1. The Hall–Kier alpha value is -2.83. The Kier molecular flexibility index (Phi) is 3.13. The van der Waals surface area contributed by atoms with E-state index in [0.717, 1.165) is 0 Å². The number of hydrogen-bond donors (Lipinski definition) is 2. The van der Waals surface area contributed by atoms with E-state index in [2.05, 4.69) is 10.6 Å². The van der Waals surface area contributed by atoms with E-state index in [1.165, 1.54) is 12.1 Å². The van der Waals surface area contributed by atoms with Crippen LogP contribution in [0, 0.1) is 5.82 Å². The van der Waals surface area contributed by atoms with E-state index >= 15 is 0 Å². The third-order valence-corrected chi connectivity index (χ3v) is 4.41. The Bertz CT molecular complexity index is 855. The summed E-state index contributed by atoms with van der Waals surface area (Å²) in [5.41, 5.74) is 0.446. The molecule has 2 atom stereocenters. The molecular formula is C17H12BFN2O3. The molecule has 24 heavy (non-hydrogen) atoms. The molecular weight excluding hydrogens is 310 g/mol. The first kappa shape index (κ1) is 14.7. The van der Waals surface area contributed by atoms with E-state index in [4.69, 9.17) is 12.6 Å². The topological polar surface area (TPSA) is 67.4 Å². The Morgan fingerprint density at radius 1 is 1.17 bits per heavy atom. The predicted octanol–water partition coefficient (Wildman–Crippen LogP) is 1.18. The number of urea groups is 1. The van der Waals surface area contributed by atoms with Crippen molar-refractivity contribution < 1.29 is 18.7 Å². The van der Waals surface area contributed by atoms with Gasteiger partial charge >= 0.3 is 6.03 Å². The van der Waals surface area contributed by atoms with Gasteiger partial charge in [-0.05, 0) is 23.8 Å². The summed E-state index contributed by atoms with van der Waals surface area (Å²) in [6.45, 7) is 0. The monoisotopic (exact) mass is 322 g/mol. The number of halogens is 1. The van der Waals surface area contributed by atoms with Crippen LogP contribution in [0.25, 0.3) is 0 Å². The number of fused-ring (bicyclic) bond motifs is 2. The fourth-order valence-corrected chi connectivity index (χ4v) is 3.26. The van der Waals surface area contributed by atoms with Crippen LogP contribution in [0.2, 0.25) is 0 Å².